The SMILES string of the molecule is C[N-]C(=O)C(C)=O.[Y]. The van der Waals surface area contributed by atoms with Crippen LogP contribution in [-0.2, 0) is 42.3 Å². The van der Waals surface area contributed by atoms with Gasteiger partial charge in [-0.25, -0.2) is 0 Å². The maximum atomic E-state index is 10.00. The summed E-state index contributed by atoms with van der Waals surface area (Å²) in [6.07, 6.45) is 0. The van der Waals surface area contributed by atoms with Gasteiger partial charge in [-0.2, -0.15) is 0 Å². The van der Waals surface area contributed by atoms with Crippen LogP contribution in [0.25, 0.3) is 5.32 Å². The maximum absolute atomic E-state index is 10.00. The van der Waals surface area contributed by atoms with Gasteiger partial charge in [0.05, 0.1) is 0 Å². The number of Topliss-reactive ketones (excluding diaryl/α,β-unsaturated/α-hetero) is 1. The minimum absolute atomic E-state index is 0. The first-order valence-corrected chi connectivity index (χ1v) is 1.83. The molecule has 0 unspecified atom stereocenters. The molecule has 0 N–H and O–H groups in total. The monoisotopic (exact) mass is 189 g/mol. The van der Waals surface area contributed by atoms with Crippen molar-refractivity contribution in [2.24, 2.45) is 0 Å². The Morgan fingerprint density at radius 3 is 1.75 bits per heavy atom. The number of carbonyl (C=O) groups is 2. The van der Waals surface area contributed by atoms with E-state index in [1.54, 1.807) is 0 Å². The smallest absolute Gasteiger partial charge is 0.177 e. The van der Waals surface area contributed by atoms with Gasteiger partial charge >= 0.3 is 0 Å². The van der Waals surface area contributed by atoms with Gasteiger partial charge in [0.1, 0.15) is 5.91 Å². The molecule has 1 amide bonds. The van der Waals surface area contributed by atoms with Crippen LogP contribution in [0, 0.1) is 0 Å². The molecule has 0 spiro atoms. The average molecular weight is 189 g/mol. The number of amides is 1. The first-order chi connectivity index (χ1) is 3.18. The summed E-state index contributed by atoms with van der Waals surface area (Å²) in [6.45, 7) is 1.19. The molecule has 0 heterocycles. The van der Waals surface area contributed by atoms with E-state index in [0.29, 0.717) is 0 Å². The third-order valence-electron chi connectivity index (χ3n) is 0.504. The second-order valence-corrected chi connectivity index (χ2v) is 1.08. The third kappa shape index (κ3) is 4.40. The molecule has 0 saturated carbocycles. The van der Waals surface area contributed by atoms with Crippen LogP contribution in [0.3, 0.4) is 0 Å². The molecule has 4 heteroatoms. The van der Waals surface area contributed by atoms with Crippen molar-refractivity contribution in [1.29, 1.82) is 0 Å². The van der Waals surface area contributed by atoms with Crippen molar-refractivity contribution < 1.29 is 42.3 Å². The molecule has 1 radical (unpaired) electrons. The summed E-state index contributed by atoms with van der Waals surface area (Å²) in [5.74, 6) is -1.18. The summed E-state index contributed by atoms with van der Waals surface area (Å²) in [5.41, 5.74) is 0. The topological polar surface area (TPSA) is 48.2 Å². The third-order valence-corrected chi connectivity index (χ3v) is 0.504. The van der Waals surface area contributed by atoms with Crippen LogP contribution < -0.4 is 0 Å². The van der Waals surface area contributed by atoms with Crippen LogP contribution in [-0.4, -0.2) is 18.7 Å². The Hall–Kier alpha value is 0.244. The number of nitrogens with zero attached hydrogens (tertiary/aromatic N) is 1. The Morgan fingerprint density at radius 1 is 1.38 bits per heavy atom. The quantitative estimate of drug-likeness (QED) is 0.549. The van der Waals surface area contributed by atoms with Crippen LogP contribution in [0.1, 0.15) is 6.92 Å². The zero-order valence-electron chi connectivity index (χ0n) is 4.84. The zero-order valence-corrected chi connectivity index (χ0v) is 7.68. The van der Waals surface area contributed by atoms with Crippen LogP contribution in [0.4, 0.5) is 0 Å². The van der Waals surface area contributed by atoms with Gasteiger partial charge in [0, 0.05) is 39.6 Å². The number of likely N-dealkylation sites (N-methyl/N-ethyl adjacent to an activating group) is 1. The second kappa shape index (κ2) is 5.38. The molecule has 0 aliphatic heterocycles. The van der Waals surface area contributed by atoms with Crippen molar-refractivity contribution in [3.05, 3.63) is 5.32 Å². The van der Waals surface area contributed by atoms with E-state index < -0.39 is 11.7 Å². The molecule has 0 aliphatic rings. The Morgan fingerprint density at radius 2 is 1.75 bits per heavy atom. The molecule has 0 atom stereocenters. The molecule has 0 aliphatic carbocycles. The van der Waals surface area contributed by atoms with E-state index in [2.05, 4.69) is 5.32 Å². The molecular formula is C4H6NO2Y-. The summed E-state index contributed by atoms with van der Waals surface area (Å²) >= 11 is 0. The Kier molecular flexibility index (Phi) is 7.46. The average Bonchev–Trinajstić information content (AvgIpc) is 1.65. The van der Waals surface area contributed by atoms with Crippen LogP contribution in [0.15, 0.2) is 0 Å². The number of ketones is 1. The molecule has 43 valence electrons. The van der Waals surface area contributed by atoms with Crippen LogP contribution >= 0.6 is 0 Å². The fourth-order valence-corrected chi connectivity index (χ4v) is 0.157. The number of hydrogen-bond donors (Lipinski definition) is 0. The number of hydrogen-bond acceptors (Lipinski definition) is 2. The van der Waals surface area contributed by atoms with Crippen molar-refractivity contribution in [3.8, 4) is 0 Å². The molecule has 0 saturated heterocycles. The van der Waals surface area contributed by atoms with E-state index in [4.69, 9.17) is 0 Å². The first-order valence-electron chi connectivity index (χ1n) is 1.83. The standard InChI is InChI=1S/C4H7NO2.Y/c1-3(6)4(7)5-2;/h1-2H3,(H,5,7);/p-1. The number of carbonyl (C=O) groups excluding carboxylic acids is 2. The summed E-state index contributed by atoms with van der Waals surface area (Å²) in [4.78, 5) is 19.9. The molecule has 0 aromatic rings. The Balaban J connectivity index is 0. The molecule has 8 heavy (non-hydrogen) atoms. The van der Waals surface area contributed by atoms with Gasteiger partial charge in [-0.1, -0.05) is 0 Å². The molecule has 3 nitrogen and oxygen atoms in total. The predicted molar refractivity (Wildman–Crippen MR) is 25.0 cm³/mol. The normalized spacial score (nSPS) is 6.75. The number of rotatable bonds is 1. The first kappa shape index (κ1) is 11.1. The zero-order chi connectivity index (χ0) is 5.86. The molecular weight excluding hydrogens is 183 g/mol. The van der Waals surface area contributed by atoms with Gasteiger partial charge < -0.3 is 10.1 Å². The van der Waals surface area contributed by atoms with Gasteiger partial charge in [-0.05, 0) is 0 Å². The maximum Gasteiger partial charge on any atom is 0.177 e. The second-order valence-electron chi connectivity index (χ2n) is 1.08. The Bertz CT molecular complexity index is 102. The largest absolute Gasteiger partial charge is 0.649 e. The minimum atomic E-state index is -0.667. The molecule has 0 bridgehead atoms. The van der Waals surface area contributed by atoms with E-state index in [9.17, 15) is 9.59 Å². The van der Waals surface area contributed by atoms with Gasteiger partial charge in [0.2, 0.25) is 0 Å². The fourth-order valence-electron chi connectivity index (χ4n) is 0.157. The summed E-state index contributed by atoms with van der Waals surface area (Å²) in [6, 6.07) is 0. The summed E-state index contributed by atoms with van der Waals surface area (Å²) < 4.78 is 0. The summed E-state index contributed by atoms with van der Waals surface area (Å²) in [5, 5.41) is 3.10. The van der Waals surface area contributed by atoms with Crippen LogP contribution in [0.5, 0.6) is 0 Å². The van der Waals surface area contributed by atoms with Gasteiger partial charge in [-0.3, -0.25) is 4.79 Å². The van der Waals surface area contributed by atoms with Crippen molar-refractivity contribution in [2.75, 3.05) is 7.05 Å². The predicted octanol–water partition coefficient (Wildman–Crippen LogP) is 0.103. The van der Waals surface area contributed by atoms with Gasteiger partial charge in [0.25, 0.3) is 0 Å². The van der Waals surface area contributed by atoms with Crippen molar-refractivity contribution in [2.45, 2.75) is 6.92 Å². The molecule has 0 aromatic heterocycles. The van der Waals surface area contributed by atoms with E-state index in [1.807, 2.05) is 0 Å². The minimum Gasteiger partial charge on any atom is -0.649 e. The van der Waals surface area contributed by atoms with Gasteiger partial charge in [-0.15, -0.1) is 7.05 Å². The Labute approximate surface area is 73.1 Å². The van der Waals surface area contributed by atoms with Crippen molar-refractivity contribution >= 4 is 11.7 Å². The van der Waals surface area contributed by atoms with E-state index >= 15 is 0 Å². The van der Waals surface area contributed by atoms with E-state index in [0.717, 1.165) is 0 Å². The molecule has 0 aromatic carbocycles. The van der Waals surface area contributed by atoms with E-state index in [1.165, 1.54) is 14.0 Å². The van der Waals surface area contributed by atoms with Crippen molar-refractivity contribution in [3.63, 3.8) is 0 Å². The molecule has 0 rings (SSSR count). The van der Waals surface area contributed by atoms with Crippen molar-refractivity contribution in [1.82, 2.24) is 0 Å². The van der Waals surface area contributed by atoms with E-state index in [-0.39, 0.29) is 32.7 Å². The van der Waals surface area contributed by atoms with Gasteiger partial charge in [0.15, 0.2) is 5.78 Å². The summed E-state index contributed by atoms with van der Waals surface area (Å²) in [7, 11) is 1.30. The molecule has 0 fully saturated rings. The van der Waals surface area contributed by atoms with Crippen LogP contribution in [0.2, 0.25) is 0 Å². The fraction of sp³-hybridized carbons (Fsp3) is 0.500.